The van der Waals surface area contributed by atoms with Crippen LogP contribution in [0, 0.1) is 5.41 Å². The molecule has 0 aliphatic heterocycles. The highest BCUT2D eigenvalue weighted by molar-refractivity contribution is 5.79. The van der Waals surface area contributed by atoms with Crippen molar-refractivity contribution in [1.82, 2.24) is 5.32 Å². The number of carbonyl (C=O) groups excluding carboxylic acids is 2. The van der Waals surface area contributed by atoms with Gasteiger partial charge in [-0.25, -0.2) is 0 Å². The van der Waals surface area contributed by atoms with Crippen LogP contribution in [-0.4, -0.2) is 30.4 Å². The first-order chi connectivity index (χ1) is 7.12. The largest absolute Gasteiger partial charge is 0.369 e. The molecule has 0 spiro atoms. The van der Waals surface area contributed by atoms with E-state index in [0.29, 0.717) is 0 Å². The number of hydrogen-bond donors (Lipinski definition) is 1. The minimum Gasteiger partial charge on any atom is -0.369 e. The van der Waals surface area contributed by atoms with Gasteiger partial charge in [-0.05, 0) is 27.7 Å². The van der Waals surface area contributed by atoms with Crippen molar-refractivity contribution in [3.05, 3.63) is 0 Å². The van der Waals surface area contributed by atoms with Gasteiger partial charge in [0.05, 0.1) is 6.10 Å². The average molecular weight is 229 g/mol. The van der Waals surface area contributed by atoms with Crippen molar-refractivity contribution in [3.8, 4) is 0 Å². The summed E-state index contributed by atoms with van der Waals surface area (Å²) < 4.78 is 5.20. The van der Waals surface area contributed by atoms with Gasteiger partial charge in [0.15, 0.2) is 0 Å². The lowest BCUT2D eigenvalue weighted by molar-refractivity contribution is -0.131. The Balaban J connectivity index is 4.37. The molecule has 0 saturated heterocycles. The van der Waals surface area contributed by atoms with Crippen LogP contribution in [0.5, 0.6) is 0 Å². The first kappa shape index (κ1) is 15.1. The van der Waals surface area contributed by atoms with E-state index in [1.165, 1.54) is 0 Å². The van der Waals surface area contributed by atoms with Crippen LogP contribution >= 0.6 is 0 Å². The van der Waals surface area contributed by atoms with Crippen LogP contribution in [0.15, 0.2) is 0 Å². The molecule has 0 rings (SSSR count). The smallest absolute Gasteiger partial charge is 0.246 e. The van der Waals surface area contributed by atoms with E-state index in [4.69, 9.17) is 4.74 Å². The maximum absolute atomic E-state index is 11.6. The van der Waals surface area contributed by atoms with Gasteiger partial charge in [-0.1, -0.05) is 13.8 Å². The summed E-state index contributed by atoms with van der Waals surface area (Å²) in [6.07, 6.45) is 0.879. The summed E-state index contributed by atoms with van der Waals surface area (Å²) in [4.78, 5) is 22.5. The maximum Gasteiger partial charge on any atom is 0.246 e. The third kappa shape index (κ3) is 4.31. The number of aldehydes is 1. The quantitative estimate of drug-likeness (QED) is 0.703. The van der Waals surface area contributed by atoms with Crippen LogP contribution < -0.4 is 5.32 Å². The Morgan fingerprint density at radius 1 is 1.31 bits per heavy atom. The van der Waals surface area contributed by atoms with Gasteiger partial charge in [0.1, 0.15) is 12.9 Å². The Labute approximate surface area is 97.7 Å². The van der Waals surface area contributed by atoms with Gasteiger partial charge in [0, 0.05) is 11.0 Å². The highest BCUT2D eigenvalue weighted by Gasteiger charge is 2.37. The van der Waals surface area contributed by atoms with Crippen molar-refractivity contribution in [2.75, 3.05) is 6.61 Å². The molecule has 4 nitrogen and oxygen atoms in total. The van der Waals surface area contributed by atoms with Crippen molar-refractivity contribution in [1.29, 1.82) is 0 Å². The SMILES string of the molecule is CC(C)OCC(=O)NC(C)(C)C(C)(C)C=O. The summed E-state index contributed by atoms with van der Waals surface area (Å²) in [7, 11) is 0. The Hall–Kier alpha value is -0.900. The zero-order valence-electron chi connectivity index (χ0n) is 11.1. The lowest BCUT2D eigenvalue weighted by atomic mass is 9.76. The molecule has 0 unspecified atom stereocenters. The van der Waals surface area contributed by atoms with Crippen molar-refractivity contribution in [2.24, 2.45) is 5.41 Å². The molecule has 0 aromatic heterocycles. The second-order valence-electron chi connectivity index (χ2n) is 5.37. The summed E-state index contributed by atoms with van der Waals surface area (Å²) >= 11 is 0. The average Bonchev–Trinajstić information content (AvgIpc) is 2.13. The van der Waals surface area contributed by atoms with Crippen LogP contribution in [0.2, 0.25) is 0 Å². The molecule has 0 aliphatic carbocycles. The van der Waals surface area contributed by atoms with E-state index in [9.17, 15) is 9.59 Å². The summed E-state index contributed by atoms with van der Waals surface area (Å²) in [5.41, 5.74) is -1.20. The Kier molecular flexibility index (Phi) is 5.13. The zero-order chi connectivity index (χ0) is 13.0. The highest BCUT2D eigenvalue weighted by atomic mass is 16.5. The monoisotopic (exact) mass is 229 g/mol. The Morgan fingerprint density at radius 3 is 2.19 bits per heavy atom. The van der Waals surface area contributed by atoms with E-state index in [1.54, 1.807) is 13.8 Å². The molecule has 0 fully saturated rings. The van der Waals surface area contributed by atoms with E-state index in [-0.39, 0.29) is 18.6 Å². The van der Waals surface area contributed by atoms with Gasteiger partial charge in [-0.15, -0.1) is 0 Å². The molecular weight excluding hydrogens is 206 g/mol. The Bertz CT molecular complexity index is 257. The molecule has 1 N–H and O–H groups in total. The Morgan fingerprint density at radius 2 is 1.81 bits per heavy atom. The van der Waals surface area contributed by atoms with Crippen LogP contribution in [0.25, 0.3) is 0 Å². The topological polar surface area (TPSA) is 55.4 Å². The molecule has 0 aromatic carbocycles. The standard InChI is InChI=1S/C12H23NO3/c1-9(2)16-7-10(15)13-12(5,6)11(3,4)8-14/h8-9H,7H2,1-6H3,(H,13,15). The van der Waals surface area contributed by atoms with Gasteiger partial charge in [-0.2, -0.15) is 0 Å². The van der Waals surface area contributed by atoms with Gasteiger partial charge in [0.2, 0.25) is 5.91 Å². The van der Waals surface area contributed by atoms with E-state index in [2.05, 4.69) is 5.32 Å². The molecule has 94 valence electrons. The van der Waals surface area contributed by atoms with E-state index < -0.39 is 11.0 Å². The first-order valence-electron chi connectivity index (χ1n) is 5.51. The molecule has 0 aromatic rings. The normalized spacial score (nSPS) is 12.7. The summed E-state index contributed by atoms with van der Waals surface area (Å²) in [6, 6.07) is 0. The first-order valence-corrected chi connectivity index (χ1v) is 5.51. The van der Waals surface area contributed by atoms with Gasteiger partial charge in [-0.3, -0.25) is 4.79 Å². The number of nitrogens with one attached hydrogen (secondary N) is 1. The van der Waals surface area contributed by atoms with Gasteiger partial charge >= 0.3 is 0 Å². The van der Waals surface area contributed by atoms with Crippen molar-refractivity contribution in [3.63, 3.8) is 0 Å². The number of amides is 1. The fraction of sp³-hybridized carbons (Fsp3) is 0.833. The van der Waals surface area contributed by atoms with Crippen LogP contribution in [0.1, 0.15) is 41.5 Å². The predicted octanol–water partition coefficient (Wildman–Crippen LogP) is 1.53. The summed E-state index contributed by atoms with van der Waals surface area (Å²) in [5.74, 6) is -0.200. The number of rotatable bonds is 6. The number of carbonyl (C=O) groups is 2. The zero-order valence-corrected chi connectivity index (χ0v) is 11.1. The second kappa shape index (κ2) is 5.43. The molecule has 0 bridgehead atoms. The molecule has 0 atom stereocenters. The third-order valence-corrected chi connectivity index (χ3v) is 2.91. The summed E-state index contributed by atoms with van der Waals surface area (Å²) in [5, 5.41) is 2.81. The predicted molar refractivity (Wildman–Crippen MR) is 63.2 cm³/mol. The molecule has 0 radical (unpaired) electrons. The van der Waals surface area contributed by atoms with Crippen molar-refractivity contribution >= 4 is 12.2 Å². The van der Waals surface area contributed by atoms with Gasteiger partial charge < -0.3 is 14.8 Å². The lowest BCUT2D eigenvalue weighted by Gasteiger charge is -2.38. The highest BCUT2D eigenvalue weighted by Crippen LogP contribution is 2.27. The minimum absolute atomic E-state index is 0.0212. The van der Waals surface area contributed by atoms with E-state index in [0.717, 1.165) is 6.29 Å². The number of hydrogen-bond acceptors (Lipinski definition) is 3. The molecule has 4 heteroatoms. The maximum atomic E-state index is 11.6. The molecular formula is C12H23NO3. The summed E-state index contributed by atoms with van der Waals surface area (Å²) in [6.45, 7) is 11.0. The molecule has 1 amide bonds. The number of ether oxygens (including phenoxy) is 1. The van der Waals surface area contributed by atoms with Crippen LogP contribution in [0.4, 0.5) is 0 Å². The van der Waals surface area contributed by atoms with Gasteiger partial charge in [0.25, 0.3) is 0 Å². The lowest BCUT2D eigenvalue weighted by Crippen LogP contribution is -2.55. The molecule has 0 aliphatic rings. The van der Waals surface area contributed by atoms with E-state index in [1.807, 2.05) is 27.7 Å². The van der Waals surface area contributed by atoms with Crippen LogP contribution in [0.3, 0.4) is 0 Å². The van der Waals surface area contributed by atoms with Crippen molar-refractivity contribution in [2.45, 2.75) is 53.2 Å². The fourth-order valence-corrected chi connectivity index (χ4v) is 0.935. The van der Waals surface area contributed by atoms with E-state index >= 15 is 0 Å². The molecule has 16 heavy (non-hydrogen) atoms. The third-order valence-electron chi connectivity index (χ3n) is 2.91. The molecule has 0 saturated carbocycles. The second-order valence-corrected chi connectivity index (χ2v) is 5.37. The van der Waals surface area contributed by atoms with Crippen LogP contribution in [-0.2, 0) is 14.3 Å². The fourth-order valence-electron chi connectivity index (χ4n) is 0.935. The van der Waals surface area contributed by atoms with Crippen molar-refractivity contribution < 1.29 is 14.3 Å². The minimum atomic E-state index is -0.611. The molecule has 0 heterocycles.